The quantitative estimate of drug-likeness (QED) is 0.755. The average molecular weight is 229 g/mol. The highest BCUT2D eigenvalue weighted by atomic mass is 16.5. The van der Waals surface area contributed by atoms with E-state index in [0.29, 0.717) is 12.6 Å². The highest BCUT2D eigenvalue weighted by Gasteiger charge is 2.23. The lowest BCUT2D eigenvalue weighted by Gasteiger charge is -2.35. The maximum atomic E-state index is 9.68. The second-order valence-corrected chi connectivity index (χ2v) is 5.13. The first kappa shape index (κ1) is 13.9. The number of ether oxygens (including phenoxy) is 1. The van der Waals surface area contributed by atoms with E-state index in [4.69, 9.17) is 4.74 Å². The first-order valence-corrected chi connectivity index (χ1v) is 6.54. The number of likely N-dealkylation sites (N-methyl/N-ethyl adjacent to an activating group) is 1. The molecular weight excluding hydrogens is 202 g/mol. The summed E-state index contributed by atoms with van der Waals surface area (Å²) in [7, 11) is 3.76. The number of hydrogen-bond donors (Lipinski definition) is 1. The van der Waals surface area contributed by atoms with Crippen LogP contribution in [0, 0.1) is 5.92 Å². The van der Waals surface area contributed by atoms with E-state index < -0.39 is 0 Å². The van der Waals surface area contributed by atoms with Crippen molar-refractivity contribution >= 4 is 0 Å². The fraction of sp³-hybridized carbons (Fsp3) is 1.00. The Hall–Kier alpha value is -0.120. The van der Waals surface area contributed by atoms with Crippen LogP contribution in [0.1, 0.15) is 39.0 Å². The van der Waals surface area contributed by atoms with Crippen molar-refractivity contribution in [3.63, 3.8) is 0 Å². The van der Waals surface area contributed by atoms with E-state index in [9.17, 15) is 5.11 Å². The van der Waals surface area contributed by atoms with Gasteiger partial charge >= 0.3 is 0 Å². The van der Waals surface area contributed by atoms with Crippen LogP contribution < -0.4 is 0 Å². The molecule has 1 fully saturated rings. The van der Waals surface area contributed by atoms with Gasteiger partial charge in [0.15, 0.2) is 0 Å². The van der Waals surface area contributed by atoms with Crippen LogP contribution in [0.5, 0.6) is 0 Å². The van der Waals surface area contributed by atoms with Crippen LogP contribution >= 0.6 is 0 Å². The van der Waals surface area contributed by atoms with Crippen molar-refractivity contribution in [2.45, 2.75) is 51.2 Å². The Kier molecular flexibility index (Phi) is 6.32. The molecule has 0 amide bonds. The molecule has 96 valence electrons. The monoisotopic (exact) mass is 229 g/mol. The molecule has 0 aromatic carbocycles. The molecular formula is C13H27NO2. The van der Waals surface area contributed by atoms with Gasteiger partial charge in [0.1, 0.15) is 0 Å². The summed E-state index contributed by atoms with van der Waals surface area (Å²) >= 11 is 0. The van der Waals surface area contributed by atoms with E-state index in [1.54, 1.807) is 7.11 Å². The first-order chi connectivity index (χ1) is 7.67. The zero-order valence-corrected chi connectivity index (χ0v) is 11.0. The highest BCUT2D eigenvalue weighted by Crippen LogP contribution is 2.28. The maximum absolute atomic E-state index is 9.68. The summed E-state index contributed by atoms with van der Waals surface area (Å²) in [5, 5.41) is 9.68. The first-order valence-electron chi connectivity index (χ1n) is 6.54. The smallest absolute Gasteiger partial charge is 0.0900 e. The van der Waals surface area contributed by atoms with Crippen molar-refractivity contribution < 1.29 is 9.84 Å². The molecule has 0 heterocycles. The third-order valence-corrected chi connectivity index (χ3v) is 3.87. The molecule has 1 aliphatic carbocycles. The molecule has 1 N–H and O–H groups in total. The molecule has 0 aromatic rings. The Balaban J connectivity index is 2.24. The molecule has 1 unspecified atom stereocenters. The van der Waals surface area contributed by atoms with Crippen LogP contribution in [0.3, 0.4) is 0 Å². The molecule has 1 saturated carbocycles. The van der Waals surface area contributed by atoms with Gasteiger partial charge in [-0.05, 0) is 38.6 Å². The molecule has 0 saturated heterocycles. The van der Waals surface area contributed by atoms with Crippen molar-refractivity contribution in [1.29, 1.82) is 0 Å². The van der Waals surface area contributed by atoms with E-state index in [2.05, 4.69) is 18.9 Å². The van der Waals surface area contributed by atoms with Crippen molar-refractivity contribution in [1.82, 2.24) is 4.90 Å². The summed E-state index contributed by atoms with van der Waals surface area (Å²) in [6.07, 6.45) is 6.25. The van der Waals surface area contributed by atoms with Gasteiger partial charge < -0.3 is 14.7 Å². The Bertz CT molecular complexity index is 179. The van der Waals surface area contributed by atoms with E-state index in [1.807, 2.05) is 0 Å². The van der Waals surface area contributed by atoms with Gasteiger partial charge in [0.25, 0.3) is 0 Å². The number of aliphatic hydroxyl groups is 1. The van der Waals surface area contributed by atoms with Crippen LogP contribution in [-0.2, 0) is 4.74 Å². The van der Waals surface area contributed by atoms with Crippen LogP contribution in [0.25, 0.3) is 0 Å². The SMILES string of the molecule is CCC1CCC(N(C)CC(O)COC)CC1. The van der Waals surface area contributed by atoms with Gasteiger partial charge in [-0.15, -0.1) is 0 Å². The molecule has 0 aliphatic heterocycles. The highest BCUT2D eigenvalue weighted by molar-refractivity contribution is 4.78. The third-order valence-electron chi connectivity index (χ3n) is 3.87. The largest absolute Gasteiger partial charge is 0.389 e. The number of nitrogens with zero attached hydrogens (tertiary/aromatic N) is 1. The van der Waals surface area contributed by atoms with Gasteiger partial charge in [0, 0.05) is 19.7 Å². The van der Waals surface area contributed by atoms with E-state index in [-0.39, 0.29) is 6.10 Å². The summed E-state index contributed by atoms with van der Waals surface area (Å²) < 4.78 is 4.95. The van der Waals surface area contributed by atoms with Crippen molar-refractivity contribution in [2.24, 2.45) is 5.92 Å². The Labute approximate surface area is 99.8 Å². The Morgan fingerprint density at radius 2 is 1.94 bits per heavy atom. The van der Waals surface area contributed by atoms with Crippen LogP contribution in [0.4, 0.5) is 0 Å². The molecule has 3 heteroatoms. The molecule has 1 rings (SSSR count). The molecule has 1 aliphatic rings. The minimum atomic E-state index is -0.348. The van der Waals surface area contributed by atoms with Gasteiger partial charge in [-0.25, -0.2) is 0 Å². The lowest BCUT2D eigenvalue weighted by Crippen LogP contribution is -2.40. The number of aliphatic hydroxyl groups excluding tert-OH is 1. The molecule has 0 spiro atoms. The van der Waals surface area contributed by atoms with E-state index in [0.717, 1.165) is 12.5 Å². The lowest BCUT2D eigenvalue weighted by molar-refractivity contribution is 0.0276. The topological polar surface area (TPSA) is 32.7 Å². The van der Waals surface area contributed by atoms with Crippen LogP contribution in [0.2, 0.25) is 0 Å². The van der Waals surface area contributed by atoms with E-state index in [1.165, 1.54) is 32.1 Å². The summed E-state index contributed by atoms with van der Waals surface area (Å²) in [6.45, 7) is 3.46. The molecule has 0 bridgehead atoms. The number of rotatable bonds is 6. The molecule has 1 atom stereocenters. The summed E-state index contributed by atoms with van der Waals surface area (Å²) in [6, 6.07) is 0.661. The van der Waals surface area contributed by atoms with Gasteiger partial charge in [-0.1, -0.05) is 13.3 Å². The minimum Gasteiger partial charge on any atom is -0.389 e. The normalized spacial score (nSPS) is 28.3. The zero-order chi connectivity index (χ0) is 12.0. The van der Waals surface area contributed by atoms with Crippen molar-refractivity contribution in [3.05, 3.63) is 0 Å². The Morgan fingerprint density at radius 1 is 1.31 bits per heavy atom. The molecule has 0 radical (unpaired) electrons. The predicted molar refractivity (Wildman–Crippen MR) is 66.5 cm³/mol. The zero-order valence-electron chi connectivity index (χ0n) is 11.0. The Morgan fingerprint density at radius 3 is 2.44 bits per heavy atom. The summed E-state index contributed by atoms with van der Waals surface area (Å²) in [4.78, 5) is 2.30. The van der Waals surface area contributed by atoms with Gasteiger partial charge in [-0.3, -0.25) is 0 Å². The van der Waals surface area contributed by atoms with Crippen molar-refractivity contribution in [2.75, 3.05) is 27.3 Å². The summed E-state index contributed by atoms with van der Waals surface area (Å²) in [5.74, 6) is 0.938. The minimum absolute atomic E-state index is 0.348. The average Bonchev–Trinajstić information content (AvgIpc) is 2.29. The fourth-order valence-corrected chi connectivity index (χ4v) is 2.72. The van der Waals surface area contributed by atoms with Gasteiger partial charge in [-0.2, -0.15) is 0 Å². The summed E-state index contributed by atoms with van der Waals surface area (Å²) in [5.41, 5.74) is 0. The van der Waals surface area contributed by atoms with Crippen molar-refractivity contribution in [3.8, 4) is 0 Å². The predicted octanol–water partition coefficient (Wildman–Crippen LogP) is 1.89. The fourth-order valence-electron chi connectivity index (χ4n) is 2.72. The standard InChI is InChI=1S/C13H27NO2/c1-4-11-5-7-12(8-6-11)14(2)9-13(15)10-16-3/h11-13,15H,4-10H2,1-3H3. The van der Waals surface area contributed by atoms with E-state index >= 15 is 0 Å². The second kappa shape index (κ2) is 7.25. The molecule has 3 nitrogen and oxygen atoms in total. The van der Waals surface area contributed by atoms with Crippen LogP contribution in [0.15, 0.2) is 0 Å². The molecule has 16 heavy (non-hydrogen) atoms. The number of methoxy groups -OCH3 is 1. The number of hydrogen-bond acceptors (Lipinski definition) is 3. The maximum Gasteiger partial charge on any atom is 0.0900 e. The lowest BCUT2D eigenvalue weighted by atomic mass is 9.84. The van der Waals surface area contributed by atoms with Gasteiger partial charge in [0.05, 0.1) is 12.7 Å². The molecule has 0 aromatic heterocycles. The van der Waals surface area contributed by atoms with Gasteiger partial charge in [0.2, 0.25) is 0 Å². The second-order valence-electron chi connectivity index (χ2n) is 5.13. The third kappa shape index (κ3) is 4.40. The van der Waals surface area contributed by atoms with Crippen LogP contribution in [-0.4, -0.2) is 49.5 Å².